The van der Waals surface area contributed by atoms with Gasteiger partial charge in [-0.3, -0.25) is 4.98 Å². The quantitative estimate of drug-likeness (QED) is 0.720. The monoisotopic (exact) mass is 309 g/mol. The highest BCUT2D eigenvalue weighted by Gasteiger charge is 2.06. The molecule has 0 N–H and O–H groups in total. The number of methoxy groups -OCH3 is 2. The predicted octanol–water partition coefficient (Wildman–Crippen LogP) is 3.32. The standard InChI is InChI=1S/C17H15N3O3/c1-21-14-7-5-12(10-15(14)22-2)6-8-16-19-17(20-23-16)13-4-3-9-18-11-13/h3-11H,1-2H3/b8-6+. The molecule has 0 aliphatic rings. The van der Waals surface area contributed by atoms with Gasteiger partial charge in [0.2, 0.25) is 5.82 Å². The van der Waals surface area contributed by atoms with Crippen molar-refractivity contribution in [3.63, 3.8) is 0 Å². The van der Waals surface area contributed by atoms with Crippen LogP contribution in [0.5, 0.6) is 11.5 Å². The second-order valence-corrected chi connectivity index (χ2v) is 4.65. The van der Waals surface area contributed by atoms with Gasteiger partial charge >= 0.3 is 0 Å². The summed E-state index contributed by atoms with van der Waals surface area (Å²) in [6.07, 6.45) is 6.99. The molecule has 0 fully saturated rings. The number of hydrogen-bond acceptors (Lipinski definition) is 6. The van der Waals surface area contributed by atoms with E-state index in [0.29, 0.717) is 23.2 Å². The Labute approximate surface area is 133 Å². The molecular formula is C17H15N3O3. The third-order valence-corrected chi connectivity index (χ3v) is 3.19. The highest BCUT2D eigenvalue weighted by atomic mass is 16.5. The van der Waals surface area contributed by atoms with E-state index in [0.717, 1.165) is 11.1 Å². The molecule has 0 saturated carbocycles. The Morgan fingerprint density at radius 2 is 1.91 bits per heavy atom. The molecule has 3 aromatic rings. The lowest BCUT2D eigenvalue weighted by Gasteiger charge is -2.07. The number of hydrogen-bond donors (Lipinski definition) is 0. The van der Waals surface area contributed by atoms with Crippen LogP contribution in [-0.2, 0) is 0 Å². The van der Waals surface area contributed by atoms with Crippen molar-refractivity contribution in [2.75, 3.05) is 14.2 Å². The summed E-state index contributed by atoms with van der Waals surface area (Å²) < 4.78 is 15.7. The molecule has 2 heterocycles. The molecule has 6 heteroatoms. The topological polar surface area (TPSA) is 70.3 Å². The molecule has 1 aromatic carbocycles. The van der Waals surface area contributed by atoms with E-state index >= 15 is 0 Å². The van der Waals surface area contributed by atoms with Crippen molar-refractivity contribution in [2.24, 2.45) is 0 Å². The molecule has 0 atom stereocenters. The minimum absolute atomic E-state index is 0.415. The highest BCUT2D eigenvalue weighted by molar-refractivity contribution is 5.68. The smallest absolute Gasteiger partial charge is 0.250 e. The lowest BCUT2D eigenvalue weighted by molar-refractivity contribution is 0.355. The zero-order chi connectivity index (χ0) is 16.1. The Kier molecular flexibility index (Phi) is 4.33. The van der Waals surface area contributed by atoms with Gasteiger partial charge in [0.15, 0.2) is 11.5 Å². The second-order valence-electron chi connectivity index (χ2n) is 4.65. The molecule has 23 heavy (non-hydrogen) atoms. The van der Waals surface area contributed by atoms with Crippen LogP contribution < -0.4 is 9.47 Å². The summed E-state index contributed by atoms with van der Waals surface area (Å²) in [7, 11) is 3.20. The van der Waals surface area contributed by atoms with Crippen LogP contribution in [0.1, 0.15) is 11.5 Å². The van der Waals surface area contributed by atoms with Crippen molar-refractivity contribution in [2.45, 2.75) is 0 Å². The molecule has 0 aliphatic heterocycles. The number of pyridine rings is 1. The van der Waals surface area contributed by atoms with Gasteiger partial charge in [-0.2, -0.15) is 4.98 Å². The van der Waals surface area contributed by atoms with E-state index in [4.69, 9.17) is 14.0 Å². The normalized spacial score (nSPS) is 10.9. The van der Waals surface area contributed by atoms with E-state index in [1.807, 2.05) is 36.4 Å². The van der Waals surface area contributed by atoms with Crippen molar-refractivity contribution < 1.29 is 14.0 Å². The van der Waals surface area contributed by atoms with Crippen LogP contribution in [0.4, 0.5) is 0 Å². The Bertz CT molecular complexity index is 813. The van der Waals surface area contributed by atoms with E-state index in [2.05, 4.69) is 15.1 Å². The van der Waals surface area contributed by atoms with Gasteiger partial charge in [-0.05, 0) is 35.9 Å². The third kappa shape index (κ3) is 3.37. The van der Waals surface area contributed by atoms with Crippen molar-refractivity contribution in [3.05, 3.63) is 54.2 Å². The Hall–Kier alpha value is -3.15. The second kappa shape index (κ2) is 6.74. The minimum Gasteiger partial charge on any atom is -0.493 e. The SMILES string of the molecule is COc1ccc(/C=C/c2nc(-c3cccnc3)no2)cc1OC. The molecular weight excluding hydrogens is 294 g/mol. The fourth-order valence-corrected chi connectivity index (χ4v) is 2.04. The van der Waals surface area contributed by atoms with Crippen molar-refractivity contribution in [1.82, 2.24) is 15.1 Å². The van der Waals surface area contributed by atoms with Crippen LogP contribution in [0.25, 0.3) is 23.5 Å². The average Bonchev–Trinajstić information content (AvgIpc) is 3.09. The summed E-state index contributed by atoms with van der Waals surface area (Å²) in [6, 6.07) is 9.32. The van der Waals surface area contributed by atoms with Crippen LogP contribution >= 0.6 is 0 Å². The molecule has 0 saturated heterocycles. The summed E-state index contributed by atoms with van der Waals surface area (Å²) >= 11 is 0. The van der Waals surface area contributed by atoms with E-state index in [-0.39, 0.29) is 0 Å². The number of nitrogens with zero attached hydrogens (tertiary/aromatic N) is 3. The largest absolute Gasteiger partial charge is 0.493 e. The molecule has 6 nitrogen and oxygen atoms in total. The molecule has 0 amide bonds. The Morgan fingerprint density at radius 1 is 1.04 bits per heavy atom. The molecule has 116 valence electrons. The Balaban J connectivity index is 1.80. The fraction of sp³-hybridized carbons (Fsp3) is 0.118. The maximum Gasteiger partial charge on any atom is 0.250 e. The number of rotatable bonds is 5. The summed E-state index contributed by atoms with van der Waals surface area (Å²) in [5.74, 6) is 2.27. The summed E-state index contributed by atoms with van der Waals surface area (Å²) in [5, 5.41) is 3.94. The van der Waals surface area contributed by atoms with Gasteiger partial charge in [0.1, 0.15) is 0 Å². The maximum atomic E-state index is 5.27. The number of aromatic nitrogens is 3. The van der Waals surface area contributed by atoms with Gasteiger partial charge in [-0.1, -0.05) is 11.2 Å². The molecule has 0 spiro atoms. The van der Waals surface area contributed by atoms with Crippen LogP contribution in [0.15, 0.2) is 47.2 Å². The first kappa shape index (κ1) is 14.8. The zero-order valence-electron chi connectivity index (χ0n) is 12.8. The summed E-state index contributed by atoms with van der Waals surface area (Å²) in [6.45, 7) is 0. The van der Waals surface area contributed by atoms with Gasteiger partial charge in [-0.25, -0.2) is 0 Å². The minimum atomic E-state index is 0.415. The molecule has 0 radical (unpaired) electrons. The lowest BCUT2D eigenvalue weighted by Crippen LogP contribution is -1.90. The number of benzene rings is 1. The average molecular weight is 309 g/mol. The molecule has 0 bridgehead atoms. The van der Waals surface area contributed by atoms with Gasteiger partial charge < -0.3 is 14.0 Å². The summed E-state index contributed by atoms with van der Waals surface area (Å²) in [4.78, 5) is 8.35. The van der Waals surface area contributed by atoms with E-state index < -0.39 is 0 Å². The fourth-order valence-electron chi connectivity index (χ4n) is 2.04. The first-order chi connectivity index (χ1) is 11.3. The van der Waals surface area contributed by atoms with E-state index in [1.165, 1.54) is 0 Å². The molecule has 0 aliphatic carbocycles. The Morgan fingerprint density at radius 3 is 2.65 bits per heavy atom. The molecule has 3 rings (SSSR count). The van der Waals surface area contributed by atoms with Crippen molar-refractivity contribution >= 4 is 12.2 Å². The number of ether oxygens (including phenoxy) is 2. The van der Waals surface area contributed by atoms with E-state index in [9.17, 15) is 0 Å². The maximum absolute atomic E-state index is 5.27. The van der Waals surface area contributed by atoms with Crippen LogP contribution in [0.3, 0.4) is 0 Å². The van der Waals surface area contributed by atoms with Crippen LogP contribution in [-0.4, -0.2) is 29.3 Å². The van der Waals surface area contributed by atoms with Gasteiger partial charge in [0.25, 0.3) is 5.89 Å². The van der Waals surface area contributed by atoms with Gasteiger partial charge in [-0.15, -0.1) is 0 Å². The van der Waals surface area contributed by atoms with Crippen LogP contribution in [0, 0.1) is 0 Å². The molecule has 2 aromatic heterocycles. The van der Waals surface area contributed by atoms with Crippen LogP contribution in [0.2, 0.25) is 0 Å². The first-order valence-electron chi connectivity index (χ1n) is 6.94. The molecule has 0 unspecified atom stereocenters. The van der Waals surface area contributed by atoms with Crippen molar-refractivity contribution in [1.29, 1.82) is 0 Å². The third-order valence-electron chi connectivity index (χ3n) is 3.19. The highest BCUT2D eigenvalue weighted by Crippen LogP contribution is 2.28. The van der Waals surface area contributed by atoms with Crippen molar-refractivity contribution in [3.8, 4) is 22.9 Å². The van der Waals surface area contributed by atoms with Gasteiger partial charge in [0.05, 0.1) is 14.2 Å². The predicted molar refractivity (Wildman–Crippen MR) is 86.0 cm³/mol. The van der Waals surface area contributed by atoms with Gasteiger partial charge in [0, 0.05) is 24.0 Å². The lowest BCUT2D eigenvalue weighted by atomic mass is 10.2. The zero-order valence-corrected chi connectivity index (χ0v) is 12.8. The first-order valence-corrected chi connectivity index (χ1v) is 6.94. The summed E-state index contributed by atoms with van der Waals surface area (Å²) in [5.41, 5.74) is 1.74. The van der Waals surface area contributed by atoms with E-state index in [1.54, 1.807) is 32.7 Å².